The summed E-state index contributed by atoms with van der Waals surface area (Å²) in [6, 6.07) is 15.8. The third-order valence-corrected chi connectivity index (χ3v) is 6.95. The van der Waals surface area contributed by atoms with Crippen molar-refractivity contribution in [3.8, 4) is 5.69 Å². The van der Waals surface area contributed by atoms with Gasteiger partial charge >= 0.3 is 0 Å². The zero-order valence-corrected chi connectivity index (χ0v) is 21.5. The van der Waals surface area contributed by atoms with Crippen molar-refractivity contribution in [3.05, 3.63) is 111 Å². The summed E-state index contributed by atoms with van der Waals surface area (Å²) in [7, 11) is 0. The molecular weight excluding hydrogens is 512 g/mol. The third-order valence-electron chi connectivity index (χ3n) is 6.21. The number of carbonyl (C=O) groups excluding carboxylic acids is 1. The van der Waals surface area contributed by atoms with Gasteiger partial charge in [-0.3, -0.25) is 14.2 Å². The number of rotatable bonds is 6. The molecule has 1 unspecified atom stereocenters. The number of carbonyl (C=O) groups is 1. The van der Waals surface area contributed by atoms with E-state index in [1.165, 1.54) is 20.4 Å². The molecule has 0 saturated heterocycles. The van der Waals surface area contributed by atoms with E-state index in [4.69, 9.17) is 10.7 Å². The molecule has 4 heterocycles. The van der Waals surface area contributed by atoms with Crippen molar-refractivity contribution in [3.63, 3.8) is 0 Å². The number of para-hydroxylation sites is 1. The van der Waals surface area contributed by atoms with Crippen molar-refractivity contribution in [2.24, 2.45) is 0 Å². The molecule has 0 aliphatic heterocycles. The monoisotopic (exact) mass is 534 g/mol. The number of aromatic nitrogens is 6. The molecule has 0 aliphatic rings. The minimum Gasteiger partial charge on any atom is -0.381 e. The van der Waals surface area contributed by atoms with E-state index in [1.54, 1.807) is 37.6 Å². The smallest absolute Gasteiger partial charge is 0.266 e. The van der Waals surface area contributed by atoms with Gasteiger partial charge in [-0.05, 0) is 42.8 Å². The number of nitrogen functional groups attached to an aromatic ring is 1. The van der Waals surface area contributed by atoms with Gasteiger partial charge in [0.15, 0.2) is 11.5 Å². The average molecular weight is 535 g/mol. The molecule has 39 heavy (non-hydrogen) atoms. The van der Waals surface area contributed by atoms with E-state index in [9.17, 15) is 9.59 Å². The first kappa shape index (κ1) is 24.2. The van der Waals surface area contributed by atoms with Crippen molar-refractivity contribution in [1.82, 2.24) is 34.4 Å². The molecule has 3 N–H and O–H groups in total. The normalized spacial score (nSPS) is 12.3. The molecule has 1 amide bonds. The minimum absolute atomic E-state index is 0.0574. The summed E-state index contributed by atoms with van der Waals surface area (Å²) >= 11 is 1.51. The van der Waals surface area contributed by atoms with Gasteiger partial charge in [-0.15, -0.1) is 16.4 Å². The van der Waals surface area contributed by atoms with E-state index in [2.05, 4.69) is 20.4 Å². The average Bonchev–Trinajstić information content (AvgIpc) is 3.59. The molecule has 0 spiro atoms. The first-order chi connectivity index (χ1) is 19.0. The SMILES string of the molecule is CC(NC(=O)c1c(N)nn2cccnc12)c1nc2cccc(/C=C/c3nccs3)c2c(=O)n1-c1ccccc1. The van der Waals surface area contributed by atoms with E-state index in [0.29, 0.717) is 28.1 Å². The lowest BCUT2D eigenvalue weighted by atomic mass is 10.1. The number of hydrogen-bond acceptors (Lipinski definition) is 8. The van der Waals surface area contributed by atoms with Crippen molar-refractivity contribution >= 4 is 51.8 Å². The number of amides is 1. The molecule has 0 bridgehead atoms. The maximum absolute atomic E-state index is 14.1. The largest absolute Gasteiger partial charge is 0.381 e. The lowest BCUT2D eigenvalue weighted by molar-refractivity contribution is 0.0940. The topological polar surface area (TPSA) is 133 Å². The second-order valence-electron chi connectivity index (χ2n) is 8.73. The van der Waals surface area contributed by atoms with Crippen LogP contribution >= 0.6 is 11.3 Å². The fourth-order valence-corrected chi connectivity index (χ4v) is 4.99. The second kappa shape index (κ2) is 9.95. The van der Waals surface area contributed by atoms with Crippen LogP contribution in [-0.4, -0.2) is 35.0 Å². The number of nitrogens with one attached hydrogen (secondary N) is 1. The number of hydrogen-bond donors (Lipinski definition) is 2. The number of benzene rings is 2. The van der Waals surface area contributed by atoms with Gasteiger partial charge in [0.25, 0.3) is 11.5 Å². The van der Waals surface area contributed by atoms with E-state index in [0.717, 1.165) is 10.6 Å². The van der Waals surface area contributed by atoms with Gasteiger partial charge in [0.2, 0.25) is 0 Å². The highest BCUT2D eigenvalue weighted by Gasteiger charge is 2.24. The lowest BCUT2D eigenvalue weighted by Crippen LogP contribution is -2.33. The first-order valence-corrected chi connectivity index (χ1v) is 13.0. The van der Waals surface area contributed by atoms with E-state index < -0.39 is 11.9 Å². The van der Waals surface area contributed by atoms with E-state index in [1.807, 2.05) is 60.0 Å². The lowest BCUT2D eigenvalue weighted by Gasteiger charge is -2.20. The number of nitrogens with two attached hydrogens (primary N) is 1. The fraction of sp³-hybridized carbons (Fsp3) is 0.0714. The molecule has 0 radical (unpaired) electrons. The van der Waals surface area contributed by atoms with E-state index in [-0.39, 0.29) is 16.9 Å². The second-order valence-corrected chi connectivity index (χ2v) is 9.66. The maximum atomic E-state index is 14.1. The van der Waals surface area contributed by atoms with Gasteiger partial charge in [-0.2, -0.15) is 0 Å². The van der Waals surface area contributed by atoms with Gasteiger partial charge in [0.1, 0.15) is 16.4 Å². The van der Waals surface area contributed by atoms with Gasteiger partial charge in [0, 0.05) is 24.0 Å². The van der Waals surface area contributed by atoms with Crippen LogP contribution in [0.1, 0.15) is 39.7 Å². The highest BCUT2D eigenvalue weighted by molar-refractivity contribution is 7.10. The summed E-state index contributed by atoms with van der Waals surface area (Å²) < 4.78 is 2.98. The summed E-state index contributed by atoms with van der Waals surface area (Å²) in [6.45, 7) is 1.77. The van der Waals surface area contributed by atoms with Crippen LogP contribution in [0, 0.1) is 0 Å². The summed E-state index contributed by atoms with van der Waals surface area (Å²) in [5.41, 5.74) is 8.16. The molecule has 11 heteroatoms. The number of nitrogens with zero attached hydrogens (tertiary/aromatic N) is 6. The van der Waals surface area contributed by atoms with Crippen molar-refractivity contribution in [2.45, 2.75) is 13.0 Å². The zero-order valence-electron chi connectivity index (χ0n) is 20.7. The molecular formula is C28H22N8O2S. The molecule has 10 nitrogen and oxygen atoms in total. The Kier molecular flexibility index (Phi) is 6.17. The van der Waals surface area contributed by atoms with Crippen molar-refractivity contribution < 1.29 is 4.79 Å². The standard InChI is InChI=1S/C28H22N8O2S/c1-17(32-27(37)23-24(29)34-35-15-6-13-31-26(23)35)25-33-20-10-5-7-18(11-12-21-30-14-16-39-21)22(20)28(38)36(25)19-8-3-2-4-9-19/h2-17H,1H3,(H2,29,34)(H,32,37)/b12-11+. The van der Waals surface area contributed by atoms with Gasteiger partial charge in [-0.25, -0.2) is 19.5 Å². The predicted molar refractivity (Wildman–Crippen MR) is 152 cm³/mol. The third kappa shape index (κ3) is 4.44. The van der Waals surface area contributed by atoms with E-state index >= 15 is 0 Å². The highest BCUT2D eigenvalue weighted by atomic mass is 32.1. The number of anilines is 1. The Balaban J connectivity index is 1.47. The molecule has 6 rings (SSSR count). The first-order valence-electron chi connectivity index (χ1n) is 12.1. The number of thiazole rings is 1. The summed E-state index contributed by atoms with van der Waals surface area (Å²) in [5, 5.41) is 10.3. The van der Waals surface area contributed by atoms with Crippen molar-refractivity contribution in [2.75, 3.05) is 5.73 Å². The molecule has 4 aromatic heterocycles. The van der Waals surface area contributed by atoms with Crippen LogP contribution < -0.4 is 16.6 Å². The van der Waals surface area contributed by atoms with Crippen LogP contribution in [0.2, 0.25) is 0 Å². The van der Waals surface area contributed by atoms with Crippen LogP contribution in [0.5, 0.6) is 0 Å². The Labute approximate surface area is 226 Å². The van der Waals surface area contributed by atoms with Gasteiger partial charge in [0.05, 0.1) is 22.6 Å². The Bertz CT molecular complexity index is 1910. The van der Waals surface area contributed by atoms with Crippen LogP contribution in [0.15, 0.2) is 83.4 Å². The quantitative estimate of drug-likeness (QED) is 0.328. The Morgan fingerprint density at radius 2 is 1.90 bits per heavy atom. The number of fused-ring (bicyclic) bond motifs is 2. The Hall–Kier alpha value is -5.16. The minimum atomic E-state index is -0.664. The Morgan fingerprint density at radius 1 is 1.05 bits per heavy atom. The molecule has 0 saturated carbocycles. The summed E-state index contributed by atoms with van der Waals surface area (Å²) in [5.74, 6) is -0.0409. The fourth-order valence-electron chi connectivity index (χ4n) is 4.46. The summed E-state index contributed by atoms with van der Waals surface area (Å²) in [4.78, 5) is 40.9. The van der Waals surface area contributed by atoms with Crippen LogP contribution in [0.25, 0.3) is 34.4 Å². The van der Waals surface area contributed by atoms with Crippen LogP contribution in [0.4, 0.5) is 5.82 Å². The summed E-state index contributed by atoms with van der Waals surface area (Å²) in [6.07, 6.45) is 8.70. The molecule has 0 aliphatic carbocycles. The molecule has 6 aromatic rings. The predicted octanol–water partition coefficient (Wildman–Crippen LogP) is 4.13. The van der Waals surface area contributed by atoms with Crippen LogP contribution in [-0.2, 0) is 0 Å². The van der Waals surface area contributed by atoms with Crippen molar-refractivity contribution in [1.29, 1.82) is 0 Å². The van der Waals surface area contributed by atoms with Crippen LogP contribution in [0.3, 0.4) is 0 Å². The molecule has 1 atom stereocenters. The maximum Gasteiger partial charge on any atom is 0.266 e. The zero-order chi connectivity index (χ0) is 26.9. The Morgan fingerprint density at radius 3 is 2.69 bits per heavy atom. The molecule has 2 aromatic carbocycles. The van der Waals surface area contributed by atoms with Gasteiger partial charge in [-0.1, -0.05) is 36.4 Å². The van der Waals surface area contributed by atoms with Gasteiger partial charge < -0.3 is 11.1 Å². The molecule has 192 valence electrons. The molecule has 0 fully saturated rings. The highest BCUT2D eigenvalue weighted by Crippen LogP contribution is 2.23.